The second kappa shape index (κ2) is 7.69. The Morgan fingerprint density at radius 2 is 1.77 bits per heavy atom. The van der Waals surface area contributed by atoms with E-state index in [4.69, 9.17) is 5.73 Å². The van der Waals surface area contributed by atoms with Gasteiger partial charge in [0.25, 0.3) is 5.91 Å². The van der Waals surface area contributed by atoms with Crippen molar-refractivity contribution in [2.24, 2.45) is 5.73 Å². The van der Waals surface area contributed by atoms with Crippen LogP contribution in [-0.4, -0.2) is 30.4 Å². The van der Waals surface area contributed by atoms with E-state index in [1.54, 1.807) is 29.2 Å². The molecule has 1 aliphatic heterocycles. The summed E-state index contributed by atoms with van der Waals surface area (Å²) in [7, 11) is 0. The Kier molecular flexibility index (Phi) is 5.17. The molecule has 4 N–H and O–H groups in total. The average Bonchev–Trinajstić information content (AvgIpc) is 3.01. The molecule has 1 fully saturated rings. The van der Waals surface area contributed by atoms with Crippen molar-refractivity contribution in [2.45, 2.75) is 19.0 Å². The van der Waals surface area contributed by atoms with E-state index in [9.17, 15) is 14.4 Å². The van der Waals surface area contributed by atoms with E-state index in [1.165, 1.54) is 0 Å². The van der Waals surface area contributed by atoms with Crippen LogP contribution >= 0.6 is 0 Å². The molecule has 0 spiro atoms. The molecule has 4 amide bonds. The highest BCUT2D eigenvalue weighted by Crippen LogP contribution is 2.21. The first-order valence-corrected chi connectivity index (χ1v) is 8.34. The fourth-order valence-corrected chi connectivity index (χ4v) is 2.88. The molecule has 2 aromatic carbocycles. The zero-order valence-corrected chi connectivity index (χ0v) is 14.1. The Labute approximate surface area is 151 Å². The molecule has 7 heteroatoms. The van der Waals surface area contributed by atoms with Gasteiger partial charge in [-0.05, 0) is 36.2 Å². The number of benzene rings is 2. The largest absolute Gasteiger partial charge is 0.352 e. The number of amides is 4. The van der Waals surface area contributed by atoms with Gasteiger partial charge < -0.3 is 21.3 Å². The van der Waals surface area contributed by atoms with Crippen LogP contribution in [-0.2, 0) is 11.3 Å². The number of primary amides is 1. The molecule has 3 rings (SSSR count). The van der Waals surface area contributed by atoms with Crippen LogP contribution < -0.4 is 21.3 Å². The minimum Gasteiger partial charge on any atom is -0.352 e. The highest BCUT2D eigenvalue weighted by atomic mass is 16.2. The predicted octanol–water partition coefficient (Wildman–Crippen LogP) is 1.39. The van der Waals surface area contributed by atoms with E-state index < -0.39 is 12.1 Å². The summed E-state index contributed by atoms with van der Waals surface area (Å²) >= 11 is 0. The summed E-state index contributed by atoms with van der Waals surface area (Å²) in [6, 6.07) is 15.0. The standard InChI is InChI=1S/C19H20N4O3/c20-19(26)21-12-13-6-8-14(9-7-13)17(24)22-16-10-11-23(18(16)25)15-4-2-1-3-5-15/h1-9,16H,10-12H2,(H,22,24)(H3,20,21,26). The molecule has 0 aliphatic carbocycles. The minimum atomic E-state index is -0.602. The summed E-state index contributed by atoms with van der Waals surface area (Å²) < 4.78 is 0. The van der Waals surface area contributed by atoms with Crippen LogP contribution in [0.3, 0.4) is 0 Å². The fraction of sp³-hybridized carbons (Fsp3) is 0.211. The monoisotopic (exact) mass is 352 g/mol. The minimum absolute atomic E-state index is 0.105. The van der Waals surface area contributed by atoms with Crippen LogP contribution in [0.5, 0.6) is 0 Å². The number of nitrogens with zero attached hydrogens (tertiary/aromatic N) is 1. The molecule has 1 atom stereocenters. The molecule has 134 valence electrons. The highest BCUT2D eigenvalue weighted by Gasteiger charge is 2.33. The topological polar surface area (TPSA) is 105 Å². The van der Waals surface area contributed by atoms with Crippen LogP contribution in [0.25, 0.3) is 0 Å². The Hall–Kier alpha value is -3.35. The molecule has 0 radical (unpaired) electrons. The van der Waals surface area contributed by atoms with E-state index in [2.05, 4.69) is 10.6 Å². The van der Waals surface area contributed by atoms with Crippen molar-refractivity contribution in [3.63, 3.8) is 0 Å². The van der Waals surface area contributed by atoms with Gasteiger partial charge in [-0.25, -0.2) is 4.79 Å². The summed E-state index contributed by atoms with van der Waals surface area (Å²) in [6.45, 7) is 0.871. The summed E-state index contributed by atoms with van der Waals surface area (Å²) in [6.07, 6.45) is 0.570. The van der Waals surface area contributed by atoms with Gasteiger partial charge in [-0.3, -0.25) is 9.59 Å². The van der Waals surface area contributed by atoms with E-state index in [0.717, 1.165) is 11.3 Å². The lowest BCUT2D eigenvalue weighted by molar-refractivity contribution is -0.118. The van der Waals surface area contributed by atoms with Crippen molar-refractivity contribution in [2.75, 3.05) is 11.4 Å². The van der Waals surface area contributed by atoms with E-state index in [-0.39, 0.29) is 11.8 Å². The Morgan fingerprint density at radius 3 is 2.42 bits per heavy atom. The first-order chi connectivity index (χ1) is 12.5. The number of nitrogens with one attached hydrogen (secondary N) is 2. The molecule has 7 nitrogen and oxygen atoms in total. The Balaban J connectivity index is 1.60. The lowest BCUT2D eigenvalue weighted by Crippen LogP contribution is -2.41. The maximum absolute atomic E-state index is 12.5. The number of urea groups is 1. The first-order valence-electron chi connectivity index (χ1n) is 8.34. The van der Waals surface area contributed by atoms with Crippen LogP contribution in [0.15, 0.2) is 54.6 Å². The first kappa shape index (κ1) is 17.5. The lowest BCUT2D eigenvalue weighted by Gasteiger charge is -2.17. The van der Waals surface area contributed by atoms with Crippen molar-refractivity contribution < 1.29 is 14.4 Å². The summed E-state index contributed by atoms with van der Waals surface area (Å²) in [5.41, 5.74) is 7.14. The van der Waals surface area contributed by atoms with Gasteiger partial charge in [0, 0.05) is 24.3 Å². The molecule has 1 unspecified atom stereocenters. The SMILES string of the molecule is NC(=O)NCc1ccc(C(=O)NC2CCN(c3ccccc3)C2=O)cc1. The van der Waals surface area contributed by atoms with Gasteiger partial charge in [0.05, 0.1) is 0 Å². The third-order valence-electron chi connectivity index (χ3n) is 4.26. The van der Waals surface area contributed by atoms with Gasteiger partial charge >= 0.3 is 6.03 Å². The maximum atomic E-state index is 12.5. The molecule has 1 aliphatic rings. The van der Waals surface area contributed by atoms with Gasteiger partial charge in [-0.1, -0.05) is 30.3 Å². The molecule has 0 aromatic heterocycles. The van der Waals surface area contributed by atoms with Gasteiger partial charge in [0.15, 0.2) is 0 Å². The molecule has 2 aromatic rings. The summed E-state index contributed by atoms with van der Waals surface area (Å²) in [4.78, 5) is 37.3. The third-order valence-corrected chi connectivity index (χ3v) is 4.26. The molecule has 0 saturated carbocycles. The molecule has 1 saturated heterocycles. The van der Waals surface area contributed by atoms with Crippen LogP contribution in [0.2, 0.25) is 0 Å². The third kappa shape index (κ3) is 4.00. The highest BCUT2D eigenvalue weighted by molar-refractivity contribution is 6.03. The zero-order valence-electron chi connectivity index (χ0n) is 14.1. The average molecular weight is 352 g/mol. The molecule has 26 heavy (non-hydrogen) atoms. The van der Waals surface area contributed by atoms with Gasteiger partial charge in [0.2, 0.25) is 5.91 Å². The van der Waals surface area contributed by atoms with Crippen molar-refractivity contribution in [1.29, 1.82) is 0 Å². The lowest BCUT2D eigenvalue weighted by atomic mass is 10.1. The maximum Gasteiger partial charge on any atom is 0.312 e. The van der Waals surface area contributed by atoms with Crippen molar-refractivity contribution >= 4 is 23.5 Å². The molecular formula is C19H20N4O3. The summed E-state index contributed by atoms with van der Waals surface area (Å²) in [5.74, 6) is -0.403. The zero-order chi connectivity index (χ0) is 18.5. The van der Waals surface area contributed by atoms with Crippen LogP contribution in [0.1, 0.15) is 22.3 Å². The second-order valence-corrected chi connectivity index (χ2v) is 6.05. The van der Waals surface area contributed by atoms with Crippen LogP contribution in [0.4, 0.5) is 10.5 Å². The number of hydrogen-bond donors (Lipinski definition) is 3. The van der Waals surface area contributed by atoms with Gasteiger partial charge in [0.1, 0.15) is 6.04 Å². The quantitative estimate of drug-likeness (QED) is 0.757. The number of hydrogen-bond acceptors (Lipinski definition) is 3. The summed E-state index contributed by atoms with van der Waals surface area (Å²) in [5, 5.41) is 5.28. The molecular weight excluding hydrogens is 332 g/mol. The Bertz CT molecular complexity index is 805. The Morgan fingerprint density at radius 1 is 1.08 bits per heavy atom. The van der Waals surface area contributed by atoms with Crippen molar-refractivity contribution in [1.82, 2.24) is 10.6 Å². The fourth-order valence-electron chi connectivity index (χ4n) is 2.88. The van der Waals surface area contributed by atoms with Crippen molar-refractivity contribution in [3.05, 3.63) is 65.7 Å². The van der Waals surface area contributed by atoms with Crippen LogP contribution in [0, 0.1) is 0 Å². The smallest absolute Gasteiger partial charge is 0.312 e. The number of carbonyl (C=O) groups excluding carboxylic acids is 3. The van der Waals surface area contributed by atoms with Gasteiger partial charge in [-0.2, -0.15) is 0 Å². The molecule has 0 bridgehead atoms. The van der Waals surface area contributed by atoms with Gasteiger partial charge in [-0.15, -0.1) is 0 Å². The second-order valence-electron chi connectivity index (χ2n) is 6.05. The van der Waals surface area contributed by atoms with E-state index in [0.29, 0.717) is 25.1 Å². The number of nitrogens with two attached hydrogens (primary N) is 1. The molecule has 1 heterocycles. The van der Waals surface area contributed by atoms with E-state index >= 15 is 0 Å². The van der Waals surface area contributed by atoms with Crippen molar-refractivity contribution in [3.8, 4) is 0 Å². The number of anilines is 1. The number of rotatable bonds is 5. The normalized spacial score (nSPS) is 16.4. The number of para-hydroxylation sites is 1. The predicted molar refractivity (Wildman–Crippen MR) is 97.5 cm³/mol. The number of carbonyl (C=O) groups is 3. The van der Waals surface area contributed by atoms with E-state index in [1.807, 2.05) is 30.3 Å².